The Labute approximate surface area is 138 Å². The molecule has 6 heteroatoms. The van der Waals surface area contributed by atoms with E-state index in [2.05, 4.69) is 37.2 Å². The Hall–Kier alpha value is -1.66. The topological polar surface area (TPSA) is 66.4 Å². The van der Waals surface area contributed by atoms with Crippen LogP contribution in [-0.2, 0) is 0 Å². The molecule has 2 aromatic carbocycles. The Morgan fingerprint density at radius 3 is 2.33 bits per heavy atom. The maximum atomic E-state index is 12.2. The highest BCUT2D eigenvalue weighted by atomic mass is 79.9. The van der Waals surface area contributed by atoms with E-state index in [1.165, 1.54) is 12.1 Å². The fourth-order valence-corrected chi connectivity index (χ4v) is 2.89. The second-order valence-electron chi connectivity index (χ2n) is 4.44. The summed E-state index contributed by atoms with van der Waals surface area (Å²) >= 11 is 6.62. The molecule has 2 aromatic rings. The average molecular weight is 413 g/mol. The molecular weight excluding hydrogens is 402 g/mol. The summed E-state index contributed by atoms with van der Waals surface area (Å²) in [6.07, 6.45) is 0. The molecule has 4 nitrogen and oxygen atoms in total. The molecule has 0 aliphatic heterocycles. The molecule has 0 atom stereocenters. The summed E-state index contributed by atoms with van der Waals surface area (Å²) in [5, 5.41) is 11.7. The van der Waals surface area contributed by atoms with Crippen molar-refractivity contribution in [1.82, 2.24) is 0 Å². The van der Waals surface area contributed by atoms with Crippen LogP contribution >= 0.6 is 31.9 Å². The molecule has 0 radical (unpaired) electrons. The van der Waals surface area contributed by atoms with Gasteiger partial charge in [0.1, 0.15) is 0 Å². The van der Waals surface area contributed by atoms with Gasteiger partial charge in [0, 0.05) is 8.95 Å². The van der Waals surface area contributed by atoms with Crippen LogP contribution in [0.4, 0.5) is 5.69 Å². The van der Waals surface area contributed by atoms with Gasteiger partial charge >= 0.3 is 5.97 Å². The SMILES string of the molecule is Cc1ccc(C(=O)Nc2ccc(C(=O)O)cc2Br)c(Br)c1. The van der Waals surface area contributed by atoms with Crippen LogP contribution in [0.3, 0.4) is 0 Å². The van der Waals surface area contributed by atoms with E-state index in [0.717, 1.165) is 5.56 Å². The number of anilines is 1. The van der Waals surface area contributed by atoms with Crippen molar-refractivity contribution in [2.45, 2.75) is 6.92 Å². The van der Waals surface area contributed by atoms with E-state index in [1.54, 1.807) is 12.1 Å². The van der Waals surface area contributed by atoms with E-state index in [-0.39, 0.29) is 11.5 Å². The van der Waals surface area contributed by atoms with Gasteiger partial charge < -0.3 is 10.4 Å². The van der Waals surface area contributed by atoms with Crippen LogP contribution in [0.5, 0.6) is 0 Å². The van der Waals surface area contributed by atoms with Crippen molar-refractivity contribution in [3.8, 4) is 0 Å². The summed E-state index contributed by atoms with van der Waals surface area (Å²) in [5.41, 5.74) is 2.22. The first kappa shape index (κ1) is 15.7. The zero-order valence-corrected chi connectivity index (χ0v) is 14.2. The standard InChI is InChI=1S/C15H11Br2NO3/c1-8-2-4-10(11(16)6-8)14(19)18-13-5-3-9(15(20)21)7-12(13)17/h2-7H,1H3,(H,18,19)(H,20,21). The van der Waals surface area contributed by atoms with Crippen LogP contribution in [0.2, 0.25) is 0 Å². The summed E-state index contributed by atoms with van der Waals surface area (Å²) < 4.78 is 1.22. The molecule has 108 valence electrons. The molecule has 0 aromatic heterocycles. The number of carboxylic acid groups (broad SMARTS) is 1. The molecule has 0 aliphatic rings. The molecule has 0 unspecified atom stereocenters. The third-order valence-corrected chi connectivity index (χ3v) is 4.15. The number of benzene rings is 2. The van der Waals surface area contributed by atoms with Gasteiger partial charge in [-0.1, -0.05) is 6.07 Å². The molecule has 21 heavy (non-hydrogen) atoms. The molecule has 0 heterocycles. The van der Waals surface area contributed by atoms with E-state index >= 15 is 0 Å². The van der Waals surface area contributed by atoms with Gasteiger partial charge in [0.25, 0.3) is 5.91 Å². The summed E-state index contributed by atoms with van der Waals surface area (Å²) in [6, 6.07) is 9.87. The third kappa shape index (κ3) is 3.71. The minimum absolute atomic E-state index is 0.149. The van der Waals surface area contributed by atoms with Crippen LogP contribution in [0.15, 0.2) is 45.3 Å². The Balaban J connectivity index is 2.25. The van der Waals surface area contributed by atoms with E-state index in [1.807, 2.05) is 19.1 Å². The molecule has 2 rings (SSSR count). The Bertz CT molecular complexity index is 729. The van der Waals surface area contributed by atoms with Crippen molar-refractivity contribution < 1.29 is 14.7 Å². The van der Waals surface area contributed by atoms with Crippen LogP contribution < -0.4 is 5.32 Å². The Morgan fingerprint density at radius 1 is 1.05 bits per heavy atom. The lowest BCUT2D eigenvalue weighted by Gasteiger charge is -2.10. The first-order valence-corrected chi connectivity index (χ1v) is 7.57. The third-order valence-electron chi connectivity index (χ3n) is 2.83. The smallest absolute Gasteiger partial charge is 0.335 e. The number of aromatic carboxylic acids is 1. The van der Waals surface area contributed by atoms with Crippen LogP contribution in [0.1, 0.15) is 26.3 Å². The monoisotopic (exact) mass is 411 g/mol. The second kappa shape index (κ2) is 6.41. The van der Waals surface area contributed by atoms with Crippen LogP contribution in [-0.4, -0.2) is 17.0 Å². The van der Waals surface area contributed by atoms with E-state index in [9.17, 15) is 9.59 Å². The number of carbonyl (C=O) groups is 2. The van der Waals surface area contributed by atoms with Crippen LogP contribution in [0, 0.1) is 6.92 Å². The Kier molecular flexibility index (Phi) is 4.80. The zero-order valence-electron chi connectivity index (χ0n) is 11.0. The van der Waals surface area contributed by atoms with E-state index in [0.29, 0.717) is 20.2 Å². The van der Waals surface area contributed by atoms with Gasteiger partial charge in [-0.3, -0.25) is 4.79 Å². The van der Waals surface area contributed by atoms with Crippen LogP contribution in [0.25, 0.3) is 0 Å². The van der Waals surface area contributed by atoms with Gasteiger partial charge in [-0.2, -0.15) is 0 Å². The van der Waals surface area contributed by atoms with E-state index < -0.39 is 5.97 Å². The van der Waals surface area contributed by atoms with Gasteiger partial charge in [-0.15, -0.1) is 0 Å². The molecule has 0 fully saturated rings. The number of aryl methyl sites for hydroxylation is 1. The zero-order chi connectivity index (χ0) is 15.6. The first-order valence-electron chi connectivity index (χ1n) is 5.99. The number of carbonyl (C=O) groups excluding carboxylic acids is 1. The van der Waals surface area contributed by atoms with E-state index in [4.69, 9.17) is 5.11 Å². The molecule has 0 saturated heterocycles. The minimum atomic E-state index is -1.02. The summed E-state index contributed by atoms with van der Waals surface area (Å²) in [4.78, 5) is 23.1. The number of hydrogen-bond acceptors (Lipinski definition) is 2. The maximum absolute atomic E-state index is 12.2. The van der Waals surface area contributed by atoms with Crippen molar-refractivity contribution >= 4 is 49.4 Å². The van der Waals surface area contributed by atoms with Crippen molar-refractivity contribution in [3.63, 3.8) is 0 Å². The summed E-state index contributed by atoms with van der Waals surface area (Å²) in [6.45, 7) is 1.94. The number of carboxylic acids is 1. The molecule has 0 aliphatic carbocycles. The minimum Gasteiger partial charge on any atom is -0.478 e. The van der Waals surface area contributed by atoms with Crippen molar-refractivity contribution in [1.29, 1.82) is 0 Å². The normalized spacial score (nSPS) is 10.2. The lowest BCUT2D eigenvalue weighted by molar-refractivity contribution is 0.0696. The molecule has 0 spiro atoms. The number of amides is 1. The average Bonchev–Trinajstić information content (AvgIpc) is 2.40. The fraction of sp³-hybridized carbons (Fsp3) is 0.0667. The number of nitrogens with one attached hydrogen (secondary N) is 1. The Morgan fingerprint density at radius 2 is 1.76 bits per heavy atom. The number of hydrogen-bond donors (Lipinski definition) is 2. The predicted octanol–water partition coefficient (Wildman–Crippen LogP) is 4.47. The van der Waals surface area contributed by atoms with Gasteiger partial charge in [0.2, 0.25) is 0 Å². The molecule has 1 amide bonds. The number of rotatable bonds is 3. The summed E-state index contributed by atoms with van der Waals surface area (Å²) in [7, 11) is 0. The van der Waals surface area contributed by atoms with Crippen molar-refractivity contribution in [3.05, 3.63) is 62.0 Å². The van der Waals surface area contributed by atoms with Gasteiger partial charge in [0.05, 0.1) is 16.8 Å². The summed E-state index contributed by atoms with van der Waals surface area (Å²) in [5.74, 6) is -1.29. The van der Waals surface area contributed by atoms with Gasteiger partial charge in [0.15, 0.2) is 0 Å². The predicted molar refractivity (Wildman–Crippen MR) is 87.9 cm³/mol. The van der Waals surface area contributed by atoms with Gasteiger partial charge in [-0.25, -0.2) is 4.79 Å². The first-order chi connectivity index (χ1) is 9.88. The highest BCUT2D eigenvalue weighted by molar-refractivity contribution is 9.11. The highest BCUT2D eigenvalue weighted by Crippen LogP contribution is 2.26. The fourth-order valence-electron chi connectivity index (χ4n) is 1.74. The van der Waals surface area contributed by atoms with Gasteiger partial charge in [-0.05, 0) is 74.7 Å². The molecule has 0 bridgehead atoms. The maximum Gasteiger partial charge on any atom is 0.335 e. The molecule has 0 saturated carbocycles. The lowest BCUT2D eigenvalue weighted by atomic mass is 10.1. The number of halogens is 2. The van der Waals surface area contributed by atoms with Crippen molar-refractivity contribution in [2.24, 2.45) is 0 Å². The lowest BCUT2D eigenvalue weighted by Crippen LogP contribution is -2.13. The second-order valence-corrected chi connectivity index (χ2v) is 6.15. The largest absolute Gasteiger partial charge is 0.478 e. The highest BCUT2D eigenvalue weighted by Gasteiger charge is 2.13. The quantitative estimate of drug-likeness (QED) is 0.781. The molecular formula is C15H11Br2NO3. The van der Waals surface area contributed by atoms with Crippen molar-refractivity contribution in [2.75, 3.05) is 5.32 Å². The molecule has 2 N–H and O–H groups in total.